The number of hydrogen-bond acceptors (Lipinski definition) is 4. The van der Waals surface area contributed by atoms with Crippen LogP contribution < -0.4 is 4.74 Å². The molecule has 6 heteroatoms. The summed E-state index contributed by atoms with van der Waals surface area (Å²) in [6.45, 7) is 2.06. The van der Waals surface area contributed by atoms with E-state index in [0.29, 0.717) is 12.0 Å². The van der Waals surface area contributed by atoms with Crippen LogP contribution in [0.3, 0.4) is 0 Å². The highest BCUT2D eigenvalue weighted by molar-refractivity contribution is 5.89. The van der Waals surface area contributed by atoms with Gasteiger partial charge in [-0.2, -0.15) is 5.26 Å². The lowest BCUT2D eigenvalue weighted by molar-refractivity contribution is 0.279. The number of rotatable bonds is 5. The number of methoxy groups -OCH3 is 1. The number of ether oxygens (including phenoxy) is 1. The van der Waals surface area contributed by atoms with Crippen molar-refractivity contribution in [3.8, 4) is 11.8 Å². The van der Waals surface area contributed by atoms with Gasteiger partial charge in [0, 0.05) is 35.2 Å². The first-order valence-corrected chi connectivity index (χ1v) is 8.81. The molecule has 6 nitrogen and oxygen atoms in total. The summed E-state index contributed by atoms with van der Waals surface area (Å²) in [4.78, 5) is 11.4. The molecule has 0 amide bonds. The highest BCUT2D eigenvalue weighted by Gasteiger charge is 2.25. The van der Waals surface area contributed by atoms with Crippen molar-refractivity contribution in [1.82, 2.24) is 15.0 Å². The Labute approximate surface area is 156 Å². The summed E-state index contributed by atoms with van der Waals surface area (Å²) < 4.78 is 5.68. The van der Waals surface area contributed by atoms with E-state index in [1.54, 1.807) is 19.2 Å². The van der Waals surface area contributed by atoms with E-state index in [2.05, 4.69) is 16.0 Å². The van der Waals surface area contributed by atoms with Gasteiger partial charge in [0.05, 0.1) is 29.8 Å². The Morgan fingerprint density at radius 2 is 2.15 bits per heavy atom. The molecule has 2 aromatic heterocycles. The molecule has 0 radical (unpaired) electrons. The summed E-state index contributed by atoms with van der Waals surface area (Å²) in [6, 6.07) is 11.6. The predicted octanol–water partition coefficient (Wildman–Crippen LogP) is 3.75. The Kier molecular flexibility index (Phi) is 4.30. The SMILES string of the molecule is COc1cc(C)c2[nH]ccc2c1C(CCO)c1nc2cc(C#N)ccc2[nH]1. The van der Waals surface area contributed by atoms with Crippen LogP contribution in [0.4, 0.5) is 0 Å². The average molecular weight is 360 g/mol. The maximum Gasteiger partial charge on any atom is 0.123 e. The smallest absolute Gasteiger partial charge is 0.123 e. The lowest BCUT2D eigenvalue weighted by atomic mass is 9.90. The van der Waals surface area contributed by atoms with E-state index < -0.39 is 0 Å². The number of aromatic nitrogens is 3. The summed E-state index contributed by atoms with van der Waals surface area (Å²) in [7, 11) is 1.66. The molecule has 3 N–H and O–H groups in total. The Bertz CT molecular complexity index is 1170. The van der Waals surface area contributed by atoms with Crippen LogP contribution in [0.15, 0.2) is 36.5 Å². The van der Waals surface area contributed by atoms with Crippen molar-refractivity contribution in [3.63, 3.8) is 0 Å². The van der Waals surface area contributed by atoms with Crippen LogP contribution in [0.5, 0.6) is 5.75 Å². The third-order valence-corrected chi connectivity index (χ3v) is 4.99. The molecule has 0 bridgehead atoms. The lowest BCUT2D eigenvalue weighted by Crippen LogP contribution is -2.08. The summed E-state index contributed by atoms with van der Waals surface area (Å²) in [5, 5.41) is 19.9. The number of nitriles is 1. The minimum absolute atomic E-state index is 0.0219. The number of imidazole rings is 1. The number of fused-ring (bicyclic) bond motifs is 2. The van der Waals surface area contributed by atoms with Crippen molar-refractivity contribution >= 4 is 21.9 Å². The number of nitrogens with one attached hydrogen (secondary N) is 2. The Morgan fingerprint density at radius 3 is 2.89 bits per heavy atom. The molecule has 4 rings (SSSR count). The molecule has 27 heavy (non-hydrogen) atoms. The van der Waals surface area contributed by atoms with Gasteiger partial charge in [-0.25, -0.2) is 4.98 Å². The standard InChI is InChI=1S/C21H20N4O2/c1-12-9-18(27-2)19(14-5-7-23-20(12)14)15(6-8-26)21-24-16-4-3-13(11-22)10-17(16)25-21/h3-5,7,9-10,15,23,26H,6,8H2,1-2H3,(H,24,25). The summed E-state index contributed by atoms with van der Waals surface area (Å²) in [5.41, 5.74) is 5.32. The van der Waals surface area contributed by atoms with Crippen LogP contribution in [0.1, 0.15) is 34.9 Å². The van der Waals surface area contributed by atoms with Gasteiger partial charge in [0.1, 0.15) is 11.6 Å². The Morgan fingerprint density at radius 1 is 1.30 bits per heavy atom. The number of aryl methyl sites for hydroxylation is 1. The van der Waals surface area contributed by atoms with Gasteiger partial charge in [0.25, 0.3) is 0 Å². The van der Waals surface area contributed by atoms with Gasteiger partial charge in [0.15, 0.2) is 0 Å². The zero-order chi connectivity index (χ0) is 19.0. The van der Waals surface area contributed by atoms with Crippen LogP contribution in [0, 0.1) is 18.3 Å². The van der Waals surface area contributed by atoms with Crippen LogP contribution in [-0.4, -0.2) is 33.8 Å². The van der Waals surface area contributed by atoms with Gasteiger partial charge in [-0.3, -0.25) is 0 Å². The molecule has 1 atom stereocenters. The Hall–Kier alpha value is -3.30. The van der Waals surface area contributed by atoms with E-state index in [1.165, 1.54) is 0 Å². The maximum atomic E-state index is 9.72. The normalized spacial score (nSPS) is 12.4. The fraction of sp³-hybridized carbons (Fsp3) is 0.238. The van der Waals surface area contributed by atoms with Crippen LogP contribution in [0.2, 0.25) is 0 Å². The van der Waals surface area contributed by atoms with Gasteiger partial charge in [-0.15, -0.1) is 0 Å². The number of nitrogens with zero attached hydrogens (tertiary/aromatic N) is 2. The fourth-order valence-electron chi connectivity index (χ4n) is 3.73. The second-order valence-electron chi connectivity index (χ2n) is 6.61. The summed E-state index contributed by atoms with van der Waals surface area (Å²) in [6.07, 6.45) is 2.42. The first-order chi connectivity index (χ1) is 13.2. The van der Waals surface area contributed by atoms with E-state index in [9.17, 15) is 5.11 Å². The van der Waals surface area contributed by atoms with Crippen molar-refractivity contribution in [2.24, 2.45) is 0 Å². The average Bonchev–Trinajstić information content (AvgIpc) is 3.33. The van der Waals surface area contributed by atoms with Gasteiger partial charge in [0.2, 0.25) is 0 Å². The molecule has 0 aliphatic carbocycles. The molecule has 0 aliphatic heterocycles. The second-order valence-corrected chi connectivity index (χ2v) is 6.61. The lowest BCUT2D eigenvalue weighted by Gasteiger charge is -2.19. The summed E-state index contributed by atoms with van der Waals surface area (Å²) >= 11 is 0. The van der Waals surface area contributed by atoms with E-state index in [1.807, 2.05) is 31.3 Å². The van der Waals surface area contributed by atoms with E-state index in [0.717, 1.165) is 44.6 Å². The van der Waals surface area contributed by atoms with Gasteiger partial charge in [-0.05, 0) is 49.2 Å². The quantitative estimate of drug-likeness (QED) is 0.505. The number of hydrogen-bond donors (Lipinski definition) is 3. The number of aliphatic hydroxyl groups excluding tert-OH is 1. The topological polar surface area (TPSA) is 97.7 Å². The van der Waals surface area contributed by atoms with Crippen molar-refractivity contribution in [1.29, 1.82) is 5.26 Å². The maximum absolute atomic E-state index is 9.72. The van der Waals surface area contributed by atoms with Gasteiger partial charge in [-0.1, -0.05) is 0 Å². The van der Waals surface area contributed by atoms with Crippen LogP contribution in [-0.2, 0) is 0 Å². The first kappa shape index (κ1) is 17.1. The highest BCUT2D eigenvalue weighted by Crippen LogP contribution is 2.40. The molecule has 1 unspecified atom stereocenters. The molecule has 4 aromatic rings. The molecular formula is C21H20N4O2. The van der Waals surface area contributed by atoms with Crippen molar-refractivity contribution in [2.75, 3.05) is 13.7 Å². The number of benzene rings is 2. The first-order valence-electron chi connectivity index (χ1n) is 8.81. The van der Waals surface area contributed by atoms with Gasteiger partial charge < -0.3 is 19.8 Å². The Balaban J connectivity index is 1.94. The molecule has 2 heterocycles. The second kappa shape index (κ2) is 6.78. The molecular weight excluding hydrogens is 340 g/mol. The minimum atomic E-state index is -0.165. The molecule has 136 valence electrons. The third-order valence-electron chi connectivity index (χ3n) is 4.99. The molecule has 0 spiro atoms. The van der Waals surface area contributed by atoms with Crippen LogP contribution in [0.25, 0.3) is 21.9 Å². The van der Waals surface area contributed by atoms with E-state index in [-0.39, 0.29) is 12.5 Å². The molecule has 0 saturated carbocycles. The molecule has 0 aliphatic rings. The number of aliphatic hydroxyl groups is 1. The zero-order valence-electron chi connectivity index (χ0n) is 15.2. The fourth-order valence-corrected chi connectivity index (χ4v) is 3.73. The zero-order valence-corrected chi connectivity index (χ0v) is 15.2. The van der Waals surface area contributed by atoms with Crippen molar-refractivity contribution in [3.05, 3.63) is 59.0 Å². The van der Waals surface area contributed by atoms with Crippen molar-refractivity contribution in [2.45, 2.75) is 19.3 Å². The van der Waals surface area contributed by atoms with Crippen molar-refractivity contribution < 1.29 is 9.84 Å². The number of aromatic amines is 2. The highest BCUT2D eigenvalue weighted by atomic mass is 16.5. The van der Waals surface area contributed by atoms with Gasteiger partial charge >= 0.3 is 0 Å². The summed E-state index contributed by atoms with van der Waals surface area (Å²) in [5.74, 6) is 1.36. The van der Waals surface area contributed by atoms with E-state index in [4.69, 9.17) is 15.0 Å². The monoisotopic (exact) mass is 360 g/mol. The minimum Gasteiger partial charge on any atom is -0.496 e. The largest absolute Gasteiger partial charge is 0.496 e. The van der Waals surface area contributed by atoms with Crippen LogP contribution >= 0.6 is 0 Å². The molecule has 0 fully saturated rings. The van der Waals surface area contributed by atoms with E-state index >= 15 is 0 Å². The molecule has 0 saturated heterocycles. The predicted molar refractivity (Wildman–Crippen MR) is 104 cm³/mol. The number of H-pyrrole nitrogens is 2. The third kappa shape index (κ3) is 2.82. The molecule has 2 aromatic carbocycles.